The van der Waals surface area contributed by atoms with Crippen LogP contribution in [-0.4, -0.2) is 28.5 Å². The topological polar surface area (TPSA) is 59.0 Å². The number of aryl methyl sites for hydroxylation is 1. The lowest BCUT2D eigenvalue weighted by atomic mass is 10.3. The molecule has 0 aliphatic heterocycles. The van der Waals surface area contributed by atoms with Gasteiger partial charge in [0.1, 0.15) is 5.82 Å². The van der Waals surface area contributed by atoms with E-state index in [1.54, 1.807) is 0 Å². The van der Waals surface area contributed by atoms with E-state index in [9.17, 15) is 4.79 Å². The Morgan fingerprint density at radius 2 is 2.16 bits per heavy atom. The molecule has 0 aliphatic rings. The minimum atomic E-state index is 0.00751. The molecule has 1 atom stereocenters. The van der Waals surface area contributed by atoms with E-state index in [1.165, 1.54) is 0 Å². The maximum atomic E-state index is 11.4. The van der Waals surface area contributed by atoms with E-state index in [2.05, 4.69) is 20.2 Å². The number of nitrogens with one attached hydrogen (secondary N) is 2. The van der Waals surface area contributed by atoms with Crippen molar-refractivity contribution in [2.24, 2.45) is 7.05 Å². The summed E-state index contributed by atoms with van der Waals surface area (Å²) in [6, 6.07) is 8.05. The van der Waals surface area contributed by atoms with Crippen LogP contribution in [0.4, 0.5) is 0 Å². The highest BCUT2D eigenvalue weighted by Crippen LogP contribution is 2.18. The zero-order valence-electron chi connectivity index (χ0n) is 11.6. The van der Waals surface area contributed by atoms with Crippen LogP contribution >= 0.6 is 0 Å². The lowest BCUT2D eigenvalue weighted by molar-refractivity contribution is -0.120. The van der Waals surface area contributed by atoms with Crippen molar-refractivity contribution in [2.75, 3.05) is 13.1 Å². The van der Waals surface area contributed by atoms with E-state index in [0.717, 1.165) is 16.9 Å². The van der Waals surface area contributed by atoms with Crippen molar-refractivity contribution < 1.29 is 4.79 Å². The quantitative estimate of drug-likeness (QED) is 0.853. The SMILES string of the molecule is CCNC(=O)CNC(C)c1nc2ccccc2n1C. The molecule has 5 nitrogen and oxygen atoms in total. The number of likely N-dealkylation sites (N-methyl/N-ethyl adjacent to an activating group) is 1. The van der Waals surface area contributed by atoms with Gasteiger partial charge in [-0.1, -0.05) is 12.1 Å². The van der Waals surface area contributed by atoms with E-state index >= 15 is 0 Å². The fourth-order valence-electron chi connectivity index (χ4n) is 2.15. The van der Waals surface area contributed by atoms with E-state index < -0.39 is 0 Å². The van der Waals surface area contributed by atoms with Crippen LogP contribution in [0.15, 0.2) is 24.3 Å². The van der Waals surface area contributed by atoms with Crippen LogP contribution in [0.3, 0.4) is 0 Å². The Labute approximate surface area is 113 Å². The van der Waals surface area contributed by atoms with Gasteiger partial charge in [-0.25, -0.2) is 4.98 Å². The molecule has 102 valence electrons. The van der Waals surface area contributed by atoms with Gasteiger partial charge in [-0.3, -0.25) is 10.1 Å². The number of benzene rings is 1. The summed E-state index contributed by atoms with van der Waals surface area (Å²) in [7, 11) is 2.00. The molecule has 0 saturated carbocycles. The van der Waals surface area contributed by atoms with Crippen LogP contribution in [-0.2, 0) is 11.8 Å². The number of hydrogen-bond acceptors (Lipinski definition) is 3. The van der Waals surface area contributed by atoms with Gasteiger partial charge in [-0.2, -0.15) is 0 Å². The first-order valence-electron chi connectivity index (χ1n) is 6.55. The molecule has 0 radical (unpaired) electrons. The Bertz CT molecular complexity index is 576. The second kappa shape index (κ2) is 5.84. The Kier molecular flexibility index (Phi) is 4.16. The van der Waals surface area contributed by atoms with Crippen molar-refractivity contribution in [2.45, 2.75) is 19.9 Å². The highest BCUT2D eigenvalue weighted by molar-refractivity contribution is 5.78. The van der Waals surface area contributed by atoms with Crippen molar-refractivity contribution in [3.05, 3.63) is 30.1 Å². The van der Waals surface area contributed by atoms with Crippen LogP contribution in [0, 0.1) is 0 Å². The fraction of sp³-hybridized carbons (Fsp3) is 0.429. The molecule has 0 saturated heterocycles. The van der Waals surface area contributed by atoms with Gasteiger partial charge in [0.2, 0.25) is 5.91 Å². The van der Waals surface area contributed by atoms with E-state index in [4.69, 9.17) is 0 Å². The van der Waals surface area contributed by atoms with Gasteiger partial charge in [-0.05, 0) is 26.0 Å². The number of imidazole rings is 1. The molecule has 2 rings (SSSR count). The Morgan fingerprint density at radius 1 is 1.42 bits per heavy atom. The molecule has 2 N–H and O–H groups in total. The van der Waals surface area contributed by atoms with Crippen LogP contribution in [0.2, 0.25) is 0 Å². The number of para-hydroxylation sites is 2. The van der Waals surface area contributed by atoms with Crippen LogP contribution in [0.1, 0.15) is 25.7 Å². The largest absolute Gasteiger partial charge is 0.355 e. The average molecular weight is 260 g/mol. The summed E-state index contributed by atoms with van der Waals surface area (Å²) in [4.78, 5) is 16.0. The summed E-state index contributed by atoms with van der Waals surface area (Å²) in [6.45, 7) is 4.88. The van der Waals surface area contributed by atoms with Crippen LogP contribution in [0.5, 0.6) is 0 Å². The Hall–Kier alpha value is -1.88. The molecule has 2 aromatic rings. The summed E-state index contributed by atoms with van der Waals surface area (Å²) < 4.78 is 2.06. The first kappa shape index (κ1) is 13.5. The van der Waals surface area contributed by atoms with E-state index in [1.807, 2.05) is 45.2 Å². The molecule has 5 heteroatoms. The number of aromatic nitrogens is 2. The van der Waals surface area contributed by atoms with Gasteiger partial charge in [0.05, 0.1) is 23.6 Å². The summed E-state index contributed by atoms with van der Waals surface area (Å²) in [5.74, 6) is 0.943. The van der Waals surface area contributed by atoms with Crippen molar-refractivity contribution in [3.63, 3.8) is 0 Å². The summed E-state index contributed by atoms with van der Waals surface area (Å²) in [5.41, 5.74) is 2.08. The maximum Gasteiger partial charge on any atom is 0.233 e. The summed E-state index contributed by atoms with van der Waals surface area (Å²) in [6.07, 6.45) is 0. The highest BCUT2D eigenvalue weighted by Gasteiger charge is 2.14. The van der Waals surface area contributed by atoms with Gasteiger partial charge < -0.3 is 9.88 Å². The predicted octanol–water partition coefficient (Wildman–Crippen LogP) is 1.36. The molecule has 0 fully saturated rings. The molecule has 0 spiro atoms. The van der Waals surface area contributed by atoms with E-state index in [0.29, 0.717) is 13.1 Å². The van der Waals surface area contributed by atoms with E-state index in [-0.39, 0.29) is 11.9 Å². The van der Waals surface area contributed by atoms with Gasteiger partial charge in [-0.15, -0.1) is 0 Å². The highest BCUT2D eigenvalue weighted by atomic mass is 16.1. The first-order valence-corrected chi connectivity index (χ1v) is 6.55. The molecule has 19 heavy (non-hydrogen) atoms. The number of amides is 1. The van der Waals surface area contributed by atoms with Crippen molar-refractivity contribution in [1.29, 1.82) is 0 Å². The number of carbonyl (C=O) groups is 1. The van der Waals surface area contributed by atoms with Crippen molar-refractivity contribution in [3.8, 4) is 0 Å². The van der Waals surface area contributed by atoms with Gasteiger partial charge >= 0.3 is 0 Å². The van der Waals surface area contributed by atoms with Gasteiger partial charge in [0.25, 0.3) is 0 Å². The molecular formula is C14H20N4O. The fourth-order valence-corrected chi connectivity index (χ4v) is 2.15. The van der Waals surface area contributed by atoms with Crippen LogP contribution in [0.25, 0.3) is 11.0 Å². The minimum absolute atomic E-state index is 0.00751. The monoisotopic (exact) mass is 260 g/mol. The molecule has 0 aliphatic carbocycles. The third-order valence-corrected chi connectivity index (χ3v) is 3.15. The van der Waals surface area contributed by atoms with Crippen molar-refractivity contribution >= 4 is 16.9 Å². The Morgan fingerprint density at radius 3 is 2.84 bits per heavy atom. The molecule has 1 aromatic heterocycles. The minimum Gasteiger partial charge on any atom is -0.355 e. The molecular weight excluding hydrogens is 240 g/mol. The lowest BCUT2D eigenvalue weighted by Crippen LogP contribution is -2.35. The number of rotatable bonds is 5. The number of nitrogens with zero attached hydrogens (tertiary/aromatic N) is 2. The zero-order valence-corrected chi connectivity index (χ0v) is 11.6. The normalized spacial score (nSPS) is 12.6. The third-order valence-electron chi connectivity index (χ3n) is 3.15. The molecule has 1 amide bonds. The van der Waals surface area contributed by atoms with Gasteiger partial charge in [0.15, 0.2) is 0 Å². The standard InChI is InChI=1S/C14H20N4O/c1-4-15-13(19)9-16-10(2)14-17-11-7-5-6-8-12(11)18(14)3/h5-8,10,16H,4,9H2,1-3H3,(H,15,19). The number of fused-ring (bicyclic) bond motifs is 1. The van der Waals surface area contributed by atoms with Gasteiger partial charge in [0, 0.05) is 13.6 Å². The number of hydrogen-bond donors (Lipinski definition) is 2. The molecule has 1 heterocycles. The molecule has 1 aromatic carbocycles. The maximum absolute atomic E-state index is 11.4. The van der Waals surface area contributed by atoms with Crippen molar-refractivity contribution in [1.82, 2.24) is 20.2 Å². The first-order chi connectivity index (χ1) is 9.13. The third kappa shape index (κ3) is 2.93. The summed E-state index contributed by atoms with van der Waals surface area (Å²) >= 11 is 0. The second-order valence-electron chi connectivity index (χ2n) is 4.57. The molecule has 0 bridgehead atoms. The van der Waals surface area contributed by atoms with Crippen LogP contribution < -0.4 is 10.6 Å². The Balaban J connectivity index is 2.11. The molecule has 1 unspecified atom stereocenters. The lowest BCUT2D eigenvalue weighted by Gasteiger charge is -2.13. The smallest absolute Gasteiger partial charge is 0.233 e. The predicted molar refractivity (Wildman–Crippen MR) is 75.8 cm³/mol. The zero-order chi connectivity index (χ0) is 13.8. The second-order valence-corrected chi connectivity index (χ2v) is 4.57. The average Bonchev–Trinajstić information content (AvgIpc) is 2.74. The summed E-state index contributed by atoms with van der Waals surface area (Å²) in [5, 5.41) is 5.95. The number of carbonyl (C=O) groups excluding carboxylic acids is 1.